The zero-order chi connectivity index (χ0) is 8.27. The molecule has 4 heteroatoms. The average Bonchev–Trinajstić information content (AvgIpc) is 2.31. The maximum atomic E-state index is 9.86. The van der Waals surface area contributed by atoms with Crippen molar-refractivity contribution in [3.8, 4) is 0 Å². The van der Waals surface area contributed by atoms with Gasteiger partial charge in [-0.25, -0.2) is 0 Å². The van der Waals surface area contributed by atoms with Crippen molar-refractivity contribution in [2.24, 2.45) is 0 Å². The molecule has 2 N–H and O–H groups in total. The summed E-state index contributed by atoms with van der Waals surface area (Å²) >= 11 is 0. The quantitative estimate of drug-likeness (QED) is 0.394. The predicted molar refractivity (Wildman–Crippen MR) is 37.0 cm³/mol. The van der Waals surface area contributed by atoms with Crippen molar-refractivity contribution in [1.29, 1.82) is 0 Å². The third-order valence-electron chi connectivity index (χ3n) is 1.57. The molecule has 0 aromatic rings. The Kier molecular flexibility index (Phi) is 2.76. The monoisotopic (exact) mass is 158 g/mol. The van der Waals surface area contributed by atoms with Crippen LogP contribution >= 0.6 is 0 Å². The lowest BCUT2D eigenvalue weighted by molar-refractivity contribution is -0.104. The fourth-order valence-corrected chi connectivity index (χ4v) is 0.950. The summed E-state index contributed by atoms with van der Waals surface area (Å²) in [5.74, 6) is 0. The molecule has 11 heavy (non-hydrogen) atoms. The molecule has 1 rings (SSSR count). The molecule has 62 valence electrons. The van der Waals surface area contributed by atoms with Crippen LogP contribution in [-0.4, -0.2) is 41.4 Å². The van der Waals surface area contributed by atoms with Gasteiger partial charge in [0.25, 0.3) is 0 Å². The number of carbonyl (C=O) groups is 1. The van der Waals surface area contributed by atoms with Gasteiger partial charge in [0.15, 0.2) is 0 Å². The average molecular weight is 158 g/mol. The van der Waals surface area contributed by atoms with E-state index in [0.717, 1.165) is 0 Å². The fraction of sp³-hybridized carbons (Fsp3) is 0.571. The number of ether oxygens (including phenoxy) is 1. The Morgan fingerprint density at radius 3 is 2.64 bits per heavy atom. The van der Waals surface area contributed by atoms with Gasteiger partial charge >= 0.3 is 0 Å². The van der Waals surface area contributed by atoms with Crippen molar-refractivity contribution >= 4 is 6.29 Å². The van der Waals surface area contributed by atoms with Gasteiger partial charge in [0, 0.05) is 0 Å². The topological polar surface area (TPSA) is 66.8 Å². The lowest BCUT2D eigenvalue weighted by Gasteiger charge is -2.08. The molecule has 0 amide bonds. The highest BCUT2D eigenvalue weighted by Crippen LogP contribution is 2.14. The maximum Gasteiger partial charge on any atom is 0.142 e. The second-order valence-corrected chi connectivity index (χ2v) is 2.38. The second kappa shape index (κ2) is 3.61. The van der Waals surface area contributed by atoms with Crippen LogP contribution in [0.5, 0.6) is 0 Å². The molecule has 1 fully saturated rings. The van der Waals surface area contributed by atoms with Crippen LogP contribution in [0.2, 0.25) is 0 Å². The zero-order valence-electron chi connectivity index (χ0n) is 5.88. The molecule has 0 aromatic carbocycles. The first-order valence-corrected chi connectivity index (χ1v) is 3.35. The predicted octanol–water partition coefficient (Wildman–Crippen LogP) is -1.14. The van der Waals surface area contributed by atoms with Crippen LogP contribution in [-0.2, 0) is 9.53 Å². The van der Waals surface area contributed by atoms with Gasteiger partial charge in [-0.05, 0) is 12.2 Å². The number of aliphatic hydroxyl groups is 2. The van der Waals surface area contributed by atoms with E-state index in [1.165, 1.54) is 12.2 Å². The molecule has 1 saturated heterocycles. The van der Waals surface area contributed by atoms with E-state index < -0.39 is 18.3 Å². The van der Waals surface area contributed by atoms with Crippen LogP contribution in [0.1, 0.15) is 0 Å². The standard InChI is InChI=1S/C7H10O4/c8-3-1-2-6-7(10)5(9)4-11-6/h1-3,5-7,9-10H,4H2/t5-,6-,7-/m1/s1. The Morgan fingerprint density at radius 1 is 1.45 bits per heavy atom. The van der Waals surface area contributed by atoms with Crippen LogP contribution in [0.3, 0.4) is 0 Å². The highest BCUT2D eigenvalue weighted by molar-refractivity contribution is 5.64. The van der Waals surface area contributed by atoms with E-state index in [4.69, 9.17) is 14.9 Å². The van der Waals surface area contributed by atoms with Gasteiger partial charge in [0.05, 0.1) is 6.61 Å². The van der Waals surface area contributed by atoms with Crippen molar-refractivity contribution < 1.29 is 19.7 Å². The Morgan fingerprint density at radius 2 is 2.18 bits per heavy atom. The van der Waals surface area contributed by atoms with E-state index in [2.05, 4.69) is 0 Å². The first kappa shape index (κ1) is 8.39. The van der Waals surface area contributed by atoms with Gasteiger partial charge in [0.2, 0.25) is 0 Å². The van der Waals surface area contributed by atoms with Crippen molar-refractivity contribution in [1.82, 2.24) is 0 Å². The number of hydrogen-bond acceptors (Lipinski definition) is 4. The number of hydrogen-bond donors (Lipinski definition) is 2. The van der Waals surface area contributed by atoms with Crippen molar-refractivity contribution in [3.63, 3.8) is 0 Å². The summed E-state index contributed by atoms with van der Waals surface area (Å²) in [5, 5.41) is 18.1. The summed E-state index contributed by atoms with van der Waals surface area (Å²) in [6, 6.07) is 0. The molecule has 1 aliphatic heterocycles. The lowest BCUT2D eigenvalue weighted by atomic mass is 10.1. The van der Waals surface area contributed by atoms with Crippen LogP contribution in [0.15, 0.2) is 12.2 Å². The summed E-state index contributed by atoms with van der Waals surface area (Å²) in [7, 11) is 0. The van der Waals surface area contributed by atoms with E-state index in [-0.39, 0.29) is 6.61 Å². The Balaban J connectivity index is 2.48. The Labute approximate surface area is 64.1 Å². The maximum absolute atomic E-state index is 9.86. The molecule has 0 radical (unpaired) electrons. The molecule has 3 atom stereocenters. The number of aliphatic hydroxyl groups excluding tert-OH is 2. The van der Waals surface area contributed by atoms with Gasteiger partial charge in [-0.1, -0.05) is 0 Å². The van der Waals surface area contributed by atoms with Crippen LogP contribution in [0.25, 0.3) is 0 Å². The van der Waals surface area contributed by atoms with Gasteiger partial charge in [-0.15, -0.1) is 0 Å². The molecule has 1 aliphatic rings. The van der Waals surface area contributed by atoms with Gasteiger partial charge in [-0.3, -0.25) is 4.79 Å². The first-order valence-electron chi connectivity index (χ1n) is 3.35. The minimum atomic E-state index is -0.911. The molecule has 0 unspecified atom stereocenters. The van der Waals surface area contributed by atoms with E-state index in [1.54, 1.807) is 0 Å². The fourth-order valence-electron chi connectivity index (χ4n) is 0.950. The Hall–Kier alpha value is -0.710. The van der Waals surface area contributed by atoms with Crippen molar-refractivity contribution in [3.05, 3.63) is 12.2 Å². The Bertz CT molecular complexity index is 166. The third-order valence-corrected chi connectivity index (χ3v) is 1.57. The molecule has 0 aromatic heterocycles. The van der Waals surface area contributed by atoms with E-state index in [0.29, 0.717) is 6.29 Å². The SMILES string of the molecule is O=CC=C[C@H]1OC[C@@H](O)[C@H]1O. The van der Waals surface area contributed by atoms with Gasteiger partial charge < -0.3 is 14.9 Å². The van der Waals surface area contributed by atoms with Crippen LogP contribution < -0.4 is 0 Å². The van der Waals surface area contributed by atoms with Crippen LogP contribution in [0.4, 0.5) is 0 Å². The van der Waals surface area contributed by atoms with E-state index in [1.807, 2.05) is 0 Å². The van der Waals surface area contributed by atoms with Crippen molar-refractivity contribution in [2.75, 3.05) is 6.61 Å². The molecule has 0 spiro atoms. The van der Waals surface area contributed by atoms with E-state index in [9.17, 15) is 4.79 Å². The number of allylic oxidation sites excluding steroid dienone is 1. The molecular formula is C7H10O4. The third kappa shape index (κ3) is 1.86. The highest BCUT2D eigenvalue weighted by atomic mass is 16.5. The molecule has 0 aliphatic carbocycles. The molecular weight excluding hydrogens is 148 g/mol. The van der Waals surface area contributed by atoms with E-state index >= 15 is 0 Å². The largest absolute Gasteiger partial charge is 0.388 e. The normalized spacial score (nSPS) is 38.2. The summed E-state index contributed by atoms with van der Waals surface area (Å²) in [6.45, 7) is 0.120. The number of rotatable bonds is 2. The minimum Gasteiger partial charge on any atom is -0.388 e. The summed E-state index contributed by atoms with van der Waals surface area (Å²) in [6.07, 6.45) is 0.971. The summed E-state index contributed by atoms with van der Waals surface area (Å²) < 4.78 is 4.93. The zero-order valence-corrected chi connectivity index (χ0v) is 5.88. The lowest BCUT2D eigenvalue weighted by Crippen LogP contribution is -2.28. The van der Waals surface area contributed by atoms with Crippen LogP contribution in [0, 0.1) is 0 Å². The summed E-state index contributed by atoms with van der Waals surface area (Å²) in [4.78, 5) is 9.86. The van der Waals surface area contributed by atoms with Gasteiger partial charge in [0.1, 0.15) is 24.6 Å². The number of carbonyl (C=O) groups excluding carboxylic acids is 1. The smallest absolute Gasteiger partial charge is 0.142 e. The van der Waals surface area contributed by atoms with Gasteiger partial charge in [-0.2, -0.15) is 0 Å². The minimum absolute atomic E-state index is 0.120. The number of aldehydes is 1. The summed E-state index contributed by atoms with van der Waals surface area (Å²) in [5.41, 5.74) is 0. The van der Waals surface area contributed by atoms with Crippen molar-refractivity contribution in [2.45, 2.75) is 18.3 Å². The molecule has 1 heterocycles. The highest BCUT2D eigenvalue weighted by Gasteiger charge is 2.32. The first-order chi connectivity index (χ1) is 5.25. The second-order valence-electron chi connectivity index (χ2n) is 2.38. The molecule has 0 bridgehead atoms. The molecule has 0 saturated carbocycles. The molecule has 4 nitrogen and oxygen atoms in total.